The zero-order valence-electron chi connectivity index (χ0n) is 11.6. The average molecular weight is 303 g/mol. The van der Waals surface area contributed by atoms with Gasteiger partial charge >= 0.3 is 5.97 Å². The Kier molecular flexibility index (Phi) is 6.57. The number of halogens is 1. The van der Waals surface area contributed by atoms with Crippen molar-refractivity contribution < 1.29 is 19.4 Å². The predicted molar refractivity (Wildman–Crippen MR) is 78.4 cm³/mol. The van der Waals surface area contributed by atoms with Crippen molar-refractivity contribution in [2.45, 2.75) is 0 Å². The molecule has 1 aromatic rings. The summed E-state index contributed by atoms with van der Waals surface area (Å²) >= 11 is 6.19. The van der Waals surface area contributed by atoms with E-state index in [1.165, 1.54) is 13.2 Å². The van der Waals surface area contributed by atoms with Crippen LogP contribution in [0.5, 0.6) is 0 Å². The summed E-state index contributed by atoms with van der Waals surface area (Å²) < 4.78 is 9.77. The van der Waals surface area contributed by atoms with Gasteiger partial charge in [0.25, 0.3) is 0 Å². The normalized spacial score (nSPS) is 10.4. The lowest BCUT2D eigenvalue weighted by Crippen LogP contribution is -2.32. The Morgan fingerprint density at radius 3 is 2.65 bits per heavy atom. The van der Waals surface area contributed by atoms with Crippen LogP contribution in [-0.4, -0.2) is 51.6 Å². The maximum Gasteiger partial charge on any atom is 0.340 e. The van der Waals surface area contributed by atoms with Crippen molar-refractivity contribution in [1.29, 1.82) is 0 Å². The first-order chi connectivity index (χ1) is 9.54. The number of aliphatic hydroxyl groups excluding tert-OH is 1. The van der Waals surface area contributed by atoms with Crippen LogP contribution >= 0.6 is 11.6 Å². The van der Waals surface area contributed by atoms with E-state index in [-0.39, 0.29) is 12.2 Å². The van der Waals surface area contributed by atoms with E-state index in [9.17, 15) is 4.79 Å². The van der Waals surface area contributed by atoms with Gasteiger partial charge in [0.15, 0.2) is 0 Å². The topological polar surface area (TPSA) is 85.0 Å². The average Bonchev–Trinajstić information content (AvgIpc) is 2.42. The van der Waals surface area contributed by atoms with E-state index in [1.54, 1.807) is 18.1 Å². The summed E-state index contributed by atoms with van der Waals surface area (Å²) in [6.45, 7) is 1.15. The number of carbonyl (C=O) groups is 1. The van der Waals surface area contributed by atoms with Gasteiger partial charge in [0.2, 0.25) is 0 Å². The molecule has 3 N–H and O–H groups in total. The number of hydrogen-bond acceptors (Lipinski definition) is 6. The molecule has 0 saturated heterocycles. The van der Waals surface area contributed by atoms with Gasteiger partial charge in [-0.05, 0) is 12.1 Å². The van der Waals surface area contributed by atoms with Crippen molar-refractivity contribution in [3.8, 4) is 0 Å². The van der Waals surface area contributed by atoms with E-state index in [4.69, 9.17) is 31.9 Å². The largest absolute Gasteiger partial charge is 0.465 e. The molecule has 0 atom stereocenters. The number of nitrogen functional groups attached to an aromatic ring is 1. The molecule has 0 aliphatic rings. The number of rotatable bonds is 7. The summed E-state index contributed by atoms with van der Waals surface area (Å²) in [5.74, 6) is -0.533. The van der Waals surface area contributed by atoms with Crippen LogP contribution in [0.2, 0.25) is 5.02 Å². The van der Waals surface area contributed by atoms with Crippen LogP contribution < -0.4 is 10.6 Å². The Hall–Kier alpha value is -1.50. The number of hydrogen-bond donors (Lipinski definition) is 2. The third-order valence-corrected chi connectivity index (χ3v) is 3.03. The summed E-state index contributed by atoms with van der Waals surface area (Å²) in [6, 6.07) is 3.06. The van der Waals surface area contributed by atoms with Gasteiger partial charge in [-0.25, -0.2) is 4.79 Å². The molecular weight excluding hydrogens is 284 g/mol. The second-order valence-electron chi connectivity index (χ2n) is 4.09. The minimum absolute atomic E-state index is 0.0783. The van der Waals surface area contributed by atoms with Crippen LogP contribution in [0.25, 0.3) is 0 Å². The number of ether oxygens (including phenoxy) is 2. The highest BCUT2D eigenvalue weighted by molar-refractivity contribution is 6.34. The number of nitrogens with two attached hydrogens (primary N) is 1. The van der Waals surface area contributed by atoms with Gasteiger partial charge in [0.05, 0.1) is 36.6 Å². The van der Waals surface area contributed by atoms with Gasteiger partial charge in [0.1, 0.15) is 0 Å². The van der Waals surface area contributed by atoms with Gasteiger partial charge in [-0.2, -0.15) is 0 Å². The zero-order chi connectivity index (χ0) is 15.1. The molecular formula is C13H19ClN2O4. The minimum Gasteiger partial charge on any atom is -0.465 e. The van der Waals surface area contributed by atoms with Crippen molar-refractivity contribution >= 4 is 28.9 Å². The lowest BCUT2D eigenvalue weighted by Gasteiger charge is -2.26. The summed E-state index contributed by atoms with van der Waals surface area (Å²) in [7, 11) is 2.86. The van der Waals surface area contributed by atoms with E-state index in [2.05, 4.69) is 0 Å². The van der Waals surface area contributed by atoms with Gasteiger partial charge in [-0.3, -0.25) is 0 Å². The number of esters is 1. The Balaban J connectivity index is 3.26. The molecule has 0 spiro atoms. The Labute approximate surface area is 123 Å². The molecule has 0 bridgehead atoms. The maximum atomic E-state index is 11.9. The highest BCUT2D eigenvalue weighted by atomic mass is 35.5. The van der Waals surface area contributed by atoms with Gasteiger partial charge in [-0.1, -0.05) is 11.6 Å². The smallest absolute Gasteiger partial charge is 0.340 e. The number of nitrogens with zero attached hydrogens (tertiary/aromatic N) is 1. The summed E-state index contributed by atoms with van der Waals surface area (Å²) in [6.07, 6.45) is 0. The fraction of sp³-hybridized carbons (Fsp3) is 0.462. The van der Waals surface area contributed by atoms with Crippen LogP contribution in [0.3, 0.4) is 0 Å². The monoisotopic (exact) mass is 302 g/mol. The Bertz CT molecular complexity index is 468. The summed E-state index contributed by atoms with van der Waals surface area (Å²) in [5, 5.41) is 9.49. The standard InChI is InChI=1S/C13H19ClN2O4/c1-19-6-4-16(3-5-17)12-10(13(18)20-2)7-9(15)8-11(12)14/h7-8,17H,3-6,15H2,1-2H3. The van der Waals surface area contributed by atoms with E-state index >= 15 is 0 Å². The molecule has 0 aliphatic heterocycles. The van der Waals surface area contributed by atoms with Gasteiger partial charge in [-0.15, -0.1) is 0 Å². The van der Waals surface area contributed by atoms with E-state index in [0.29, 0.717) is 36.1 Å². The molecule has 0 unspecified atom stereocenters. The van der Waals surface area contributed by atoms with Gasteiger partial charge < -0.3 is 25.2 Å². The summed E-state index contributed by atoms with van der Waals surface area (Å²) in [4.78, 5) is 13.6. The lowest BCUT2D eigenvalue weighted by molar-refractivity contribution is 0.0601. The SMILES string of the molecule is COCCN(CCO)c1c(Cl)cc(N)cc1C(=O)OC. The molecule has 0 aromatic heterocycles. The Morgan fingerprint density at radius 2 is 2.10 bits per heavy atom. The quantitative estimate of drug-likeness (QED) is 0.580. The first-order valence-electron chi connectivity index (χ1n) is 6.07. The third-order valence-electron chi connectivity index (χ3n) is 2.74. The van der Waals surface area contributed by atoms with Crippen LogP contribution in [0.15, 0.2) is 12.1 Å². The summed E-state index contributed by atoms with van der Waals surface area (Å²) in [5.41, 5.74) is 6.83. The number of aliphatic hydroxyl groups is 1. The highest BCUT2D eigenvalue weighted by Crippen LogP contribution is 2.33. The molecule has 7 heteroatoms. The van der Waals surface area contributed by atoms with E-state index < -0.39 is 5.97 Å². The number of carbonyl (C=O) groups excluding carboxylic acids is 1. The van der Waals surface area contributed by atoms with Crippen LogP contribution in [0, 0.1) is 0 Å². The number of benzene rings is 1. The molecule has 1 rings (SSSR count). The molecule has 0 amide bonds. The third kappa shape index (κ3) is 4.00. The van der Waals surface area contributed by atoms with Crippen LogP contribution in [-0.2, 0) is 9.47 Å². The molecule has 6 nitrogen and oxygen atoms in total. The second kappa shape index (κ2) is 7.94. The molecule has 0 heterocycles. The molecule has 0 radical (unpaired) electrons. The fourth-order valence-corrected chi connectivity index (χ4v) is 2.21. The number of anilines is 2. The molecule has 0 saturated carbocycles. The molecule has 20 heavy (non-hydrogen) atoms. The van der Waals surface area contributed by atoms with Crippen molar-refractivity contribution in [1.82, 2.24) is 0 Å². The first-order valence-corrected chi connectivity index (χ1v) is 6.45. The first kappa shape index (κ1) is 16.6. The molecule has 112 valence electrons. The minimum atomic E-state index is -0.533. The van der Waals surface area contributed by atoms with Crippen molar-refractivity contribution in [2.75, 3.05) is 51.2 Å². The van der Waals surface area contributed by atoms with E-state index in [1.807, 2.05) is 0 Å². The maximum absolute atomic E-state index is 11.9. The molecule has 0 fully saturated rings. The van der Waals surface area contributed by atoms with E-state index in [0.717, 1.165) is 0 Å². The van der Waals surface area contributed by atoms with Crippen LogP contribution in [0.1, 0.15) is 10.4 Å². The predicted octanol–water partition coefficient (Wildman–Crippen LogP) is 1.15. The molecule has 0 aliphatic carbocycles. The van der Waals surface area contributed by atoms with Crippen molar-refractivity contribution in [3.63, 3.8) is 0 Å². The van der Waals surface area contributed by atoms with Crippen molar-refractivity contribution in [3.05, 3.63) is 22.7 Å². The zero-order valence-corrected chi connectivity index (χ0v) is 12.3. The fourth-order valence-electron chi connectivity index (χ4n) is 1.86. The molecule has 1 aromatic carbocycles. The lowest BCUT2D eigenvalue weighted by atomic mass is 10.1. The van der Waals surface area contributed by atoms with Crippen molar-refractivity contribution in [2.24, 2.45) is 0 Å². The highest BCUT2D eigenvalue weighted by Gasteiger charge is 2.21. The van der Waals surface area contributed by atoms with Crippen LogP contribution in [0.4, 0.5) is 11.4 Å². The van der Waals surface area contributed by atoms with Gasteiger partial charge in [0, 0.05) is 25.9 Å². The second-order valence-corrected chi connectivity index (χ2v) is 4.50. The Morgan fingerprint density at radius 1 is 1.40 bits per heavy atom. The number of methoxy groups -OCH3 is 2.